The molecule has 116 valence electrons. The van der Waals surface area contributed by atoms with Crippen LogP contribution in [-0.2, 0) is 6.54 Å². The summed E-state index contributed by atoms with van der Waals surface area (Å²) in [4.78, 5) is 11.2. The molecule has 1 aromatic heterocycles. The summed E-state index contributed by atoms with van der Waals surface area (Å²) in [7, 11) is 0. The van der Waals surface area contributed by atoms with E-state index >= 15 is 0 Å². The lowest BCUT2D eigenvalue weighted by Crippen LogP contribution is -2.30. The minimum atomic E-state index is -0.393. The molecule has 2 atom stereocenters. The molecule has 3 rings (SSSR count). The van der Waals surface area contributed by atoms with Crippen LogP contribution in [0.2, 0.25) is 0 Å². The average molecular weight is 297 g/mol. The summed E-state index contributed by atoms with van der Waals surface area (Å²) in [5, 5.41) is 10.4. The molecule has 1 saturated heterocycles. The first-order chi connectivity index (χ1) is 10.7. The standard InChI is InChI=1S/C18H23N3O/c1-14-11-20-16(12-19-14)13-21-9-5-8-17(21)10-18(22)15-6-3-2-4-7-15/h2-4,6-7,11-12,17-18,22H,5,8-10,13H2,1H3. The van der Waals surface area contributed by atoms with Gasteiger partial charge in [0.25, 0.3) is 0 Å². The Morgan fingerprint density at radius 2 is 2.05 bits per heavy atom. The van der Waals surface area contributed by atoms with Gasteiger partial charge in [0.15, 0.2) is 0 Å². The normalized spacial score (nSPS) is 20.2. The topological polar surface area (TPSA) is 49.2 Å². The van der Waals surface area contributed by atoms with Crippen molar-refractivity contribution in [3.8, 4) is 0 Å². The quantitative estimate of drug-likeness (QED) is 0.922. The van der Waals surface area contributed by atoms with Crippen LogP contribution in [-0.4, -0.2) is 32.6 Å². The number of hydrogen-bond donors (Lipinski definition) is 1. The van der Waals surface area contributed by atoms with Gasteiger partial charge in [0, 0.05) is 25.0 Å². The molecule has 0 radical (unpaired) electrons. The Bertz CT molecular complexity index is 585. The summed E-state index contributed by atoms with van der Waals surface area (Å²) in [6.45, 7) is 3.84. The molecule has 2 unspecified atom stereocenters. The number of rotatable bonds is 5. The number of benzene rings is 1. The lowest BCUT2D eigenvalue weighted by molar-refractivity contribution is 0.117. The molecule has 4 nitrogen and oxygen atoms in total. The van der Waals surface area contributed by atoms with E-state index in [1.807, 2.05) is 49.6 Å². The van der Waals surface area contributed by atoms with Gasteiger partial charge in [-0.05, 0) is 38.3 Å². The molecule has 1 aliphatic rings. The van der Waals surface area contributed by atoms with Gasteiger partial charge in [-0.25, -0.2) is 0 Å². The minimum Gasteiger partial charge on any atom is -0.388 e. The molecule has 1 fully saturated rings. The van der Waals surface area contributed by atoms with E-state index < -0.39 is 6.10 Å². The smallest absolute Gasteiger partial charge is 0.0805 e. The SMILES string of the molecule is Cc1cnc(CN2CCCC2CC(O)c2ccccc2)cn1. The first-order valence-corrected chi connectivity index (χ1v) is 7.97. The molecule has 1 N–H and O–H groups in total. The average Bonchev–Trinajstić information content (AvgIpc) is 2.97. The Morgan fingerprint density at radius 3 is 2.77 bits per heavy atom. The van der Waals surface area contributed by atoms with Crippen molar-refractivity contribution in [3.63, 3.8) is 0 Å². The maximum absolute atomic E-state index is 10.4. The second kappa shape index (κ2) is 6.99. The molecule has 0 aliphatic carbocycles. The van der Waals surface area contributed by atoms with Gasteiger partial charge in [-0.15, -0.1) is 0 Å². The predicted octanol–water partition coefficient (Wildman–Crippen LogP) is 2.87. The largest absolute Gasteiger partial charge is 0.388 e. The molecule has 0 amide bonds. The van der Waals surface area contributed by atoms with Crippen LogP contribution in [0, 0.1) is 6.92 Å². The van der Waals surface area contributed by atoms with E-state index in [2.05, 4.69) is 14.9 Å². The Balaban J connectivity index is 1.62. The number of nitrogens with zero attached hydrogens (tertiary/aromatic N) is 3. The van der Waals surface area contributed by atoms with Crippen molar-refractivity contribution in [1.82, 2.24) is 14.9 Å². The number of aliphatic hydroxyl groups is 1. The Kier molecular flexibility index (Phi) is 4.80. The minimum absolute atomic E-state index is 0.393. The van der Waals surface area contributed by atoms with Crippen molar-refractivity contribution >= 4 is 0 Å². The van der Waals surface area contributed by atoms with Crippen LogP contribution < -0.4 is 0 Å². The first-order valence-electron chi connectivity index (χ1n) is 7.97. The monoisotopic (exact) mass is 297 g/mol. The van der Waals surface area contributed by atoms with Crippen molar-refractivity contribution in [1.29, 1.82) is 0 Å². The van der Waals surface area contributed by atoms with Crippen molar-refractivity contribution < 1.29 is 5.11 Å². The van der Waals surface area contributed by atoms with Crippen LogP contribution in [0.1, 0.15) is 42.3 Å². The van der Waals surface area contributed by atoms with Crippen molar-refractivity contribution in [2.75, 3.05) is 6.54 Å². The van der Waals surface area contributed by atoms with Crippen LogP contribution in [0.3, 0.4) is 0 Å². The van der Waals surface area contributed by atoms with E-state index in [9.17, 15) is 5.11 Å². The zero-order chi connectivity index (χ0) is 15.4. The molecule has 4 heteroatoms. The summed E-state index contributed by atoms with van der Waals surface area (Å²) < 4.78 is 0. The fourth-order valence-corrected chi connectivity index (χ4v) is 3.15. The highest BCUT2D eigenvalue weighted by molar-refractivity contribution is 5.17. The maximum atomic E-state index is 10.4. The van der Waals surface area contributed by atoms with Crippen molar-refractivity contribution in [2.24, 2.45) is 0 Å². The summed E-state index contributed by atoms with van der Waals surface area (Å²) in [5.41, 5.74) is 2.96. The third-order valence-corrected chi connectivity index (χ3v) is 4.38. The lowest BCUT2D eigenvalue weighted by atomic mass is 10.0. The Labute approximate surface area is 131 Å². The molecule has 1 aliphatic heterocycles. The van der Waals surface area contributed by atoms with Crippen LogP contribution in [0.25, 0.3) is 0 Å². The fraction of sp³-hybridized carbons (Fsp3) is 0.444. The summed E-state index contributed by atoms with van der Waals surface area (Å²) in [5.74, 6) is 0. The summed E-state index contributed by atoms with van der Waals surface area (Å²) in [6, 6.07) is 10.3. The molecule has 0 saturated carbocycles. The third kappa shape index (κ3) is 3.70. The van der Waals surface area contributed by atoms with Gasteiger partial charge in [-0.1, -0.05) is 30.3 Å². The van der Waals surface area contributed by atoms with E-state index in [1.54, 1.807) is 0 Å². The highest BCUT2D eigenvalue weighted by Crippen LogP contribution is 2.28. The van der Waals surface area contributed by atoms with Crippen molar-refractivity contribution in [3.05, 3.63) is 59.7 Å². The lowest BCUT2D eigenvalue weighted by Gasteiger charge is -2.26. The fourth-order valence-electron chi connectivity index (χ4n) is 3.15. The number of aliphatic hydroxyl groups excluding tert-OH is 1. The van der Waals surface area contributed by atoms with Gasteiger partial charge in [0.05, 0.1) is 17.5 Å². The van der Waals surface area contributed by atoms with Crippen LogP contribution in [0.5, 0.6) is 0 Å². The molecule has 22 heavy (non-hydrogen) atoms. The number of hydrogen-bond acceptors (Lipinski definition) is 4. The first kappa shape index (κ1) is 15.1. The molecule has 2 aromatic rings. The van der Waals surface area contributed by atoms with Gasteiger partial charge in [0.1, 0.15) is 0 Å². The number of aromatic nitrogens is 2. The second-order valence-corrected chi connectivity index (χ2v) is 6.08. The Hall–Kier alpha value is -1.78. The van der Waals surface area contributed by atoms with E-state index in [0.717, 1.165) is 42.9 Å². The zero-order valence-corrected chi connectivity index (χ0v) is 13.0. The maximum Gasteiger partial charge on any atom is 0.0805 e. The second-order valence-electron chi connectivity index (χ2n) is 6.08. The molecular formula is C18H23N3O. The van der Waals surface area contributed by atoms with E-state index in [-0.39, 0.29) is 0 Å². The molecule has 0 spiro atoms. The summed E-state index contributed by atoms with van der Waals surface area (Å²) in [6.07, 6.45) is 6.39. The van der Waals surface area contributed by atoms with Crippen LogP contribution in [0.15, 0.2) is 42.7 Å². The molecule has 1 aromatic carbocycles. The highest BCUT2D eigenvalue weighted by atomic mass is 16.3. The van der Waals surface area contributed by atoms with E-state index in [1.165, 1.54) is 6.42 Å². The van der Waals surface area contributed by atoms with Gasteiger partial charge >= 0.3 is 0 Å². The molecular weight excluding hydrogens is 274 g/mol. The Morgan fingerprint density at radius 1 is 1.23 bits per heavy atom. The molecule has 0 bridgehead atoms. The third-order valence-electron chi connectivity index (χ3n) is 4.38. The van der Waals surface area contributed by atoms with Gasteiger partial charge in [-0.2, -0.15) is 0 Å². The van der Waals surface area contributed by atoms with E-state index in [4.69, 9.17) is 0 Å². The molecule has 2 heterocycles. The number of aryl methyl sites for hydroxylation is 1. The van der Waals surface area contributed by atoms with Gasteiger partial charge < -0.3 is 5.11 Å². The van der Waals surface area contributed by atoms with Crippen molar-refractivity contribution in [2.45, 2.75) is 44.9 Å². The van der Waals surface area contributed by atoms with Gasteiger partial charge in [-0.3, -0.25) is 14.9 Å². The van der Waals surface area contributed by atoms with Crippen LogP contribution >= 0.6 is 0 Å². The van der Waals surface area contributed by atoms with E-state index in [0.29, 0.717) is 6.04 Å². The van der Waals surface area contributed by atoms with Gasteiger partial charge in [0.2, 0.25) is 0 Å². The van der Waals surface area contributed by atoms with Crippen LogP contribution in [0.4, 0.5) is 0 Å². The number of likely N-dealkylation sites (tertiary alicyclic amines) is 1. The predicted molar refractivity (Wildman–Crippen MR) is 86.2 cm³/mol. The summed E-state index contributed by atoms with van der Waals surface area (Å²) >= 11 is 0. The highest BCUT2D eigenvalue weighted by Gasteiger charge is 2.27. The zero-order valence-electron chi connectivity index (χ0n) is 13.0.